The second-order valence-electron chi connectivity index (χ2n) is 7.71. The summed E-state index contributed by atoms with van der Waals surface area (Å²) in [4.78, 5) is 23.2. The average molecular weight is 788 g/mol. The predicted octanol–water partition coefficient (Wildman–Crippen LogP) is 0.802. The third-order valence-corrected chi connectivity index (χ3v) is 5.96. The van der Waals surface area contributed by atoms with Crippen LogP contribution in [0.1, 0.15) is 0 Å². The summed E-state index contributed by atoms with van der Waals surface area (Å²) in [5.41, 5.74) is 5.77. The van der Waals surface area contributed by atoms with Crippen LogP contribution in [0.3, 0.4) is 0 Å². The maximum atomic E-state index is 4.25. The first-order chi connectivity index (χ1) is 18.7. The summed E-state index contributed by atoms with van der Waals surface area (Å²) in [6, 6.07) is 31.4. The van der Waals surface area contributed by atoms with E-state index in [4.69, 9.17) is 0 Å². The highest BCUT2D eigenvalue weighted by molar-refractivity contribution is 9.10. The zero-order valence-corrected chi connectivity index (χ0v) is 27.3. The van der Waals surface area contributed by atoms with Crippen molar-refractivity contribution in [1.29, 1.82) is 0 Å². The topological polar surface area (TPSA) is 79.8 Å². The molecule has 0 spiro atoms. The van der Waals surface area contributed by atoms with Crippen molar-refractivity contribution in [3.05, 3.63) is 143 Å². The van der Waals surface area contributed by atoms with Gasteiger partial charge in [0.1, 0.15) is 0 Å². The van der Waals surface area contributed by atoms with E-state index in [1.54, 1.807) is 24.8 Å². The molecule has 0 amide bonds. The second-order valence-corrected chi connectivity index (χ2v) is 9.54. The molecule has 0 saturated heterocycles. The summed E-state index contributed by atoms with van der Waals surface area (Å²) in [6.45, 7) is 0. The molecule has 0 unspecified atom stereocenters. The van der Waals surface area contributed by atoms with E-state index >= 15 is 0 Å². The van der Waals surface area contributed by atoms with E-state index in [-0.39, 0.29) is 34.0 Å². The van der Waals surface area contributed by atoms with E-state index in [0.717, 1.165) is 43.1 Å². The quantitative estimate of drug-likeness (QED) is 0.266. The molecule has 6 aromatic heterocycles. The minimum absolute atomic E-state index is 0. The molecule has 0 radical (unpaired) electrons. The third-order valence-electron chi connectivity index (χ3n) is 5.02. The lowest BCUT2D eigenvalue weighted by Gasteiger charge is -1.99. The summed E-state index contributed by atoms with van der Waals surface area (Å²) >= 11 is 6.68. The van der Waals surface area contributed by atoms with Gasteiger partial charge in [-0.05, 0) is 92.5 Å². The van der Waals surface area contributed by atoms with Gasteiger partial charge in [0.05, 0.1) is 22.8 Å². The fourth-order valence-corrected chi connectivity index (χ4v) is 3.67. The first-order valence-corrected chi connectivity index (χ1v) is 13.3. The molecule has 40 heavy (non-hydrogen) atoms. The molecule has 6 aromatic rings. The molecular formula is C30H24Br4N6. The van der Waals surface area contributed by atoms with E-state index in [2.05, 4.69) is 61.8 Å². The number of nitrogens with one attached hydrogen (secondary N) is 2. The van der Waals surface area contributed by atoms with Crippen LogP contribution >= 0.6 is 31.9 Å². The highest BCUT2D eigenvalue weighted by atomic mass is 79.9. The Hall–Kier alpha value is -3.18. The van der Waals surface area contributed by atoms with Gasteiger partial charge in [-0.25, -0.2) is 9.97 Å². The molecule has 0 bridgehead atoms. The van der Waals surface area contributed by atoms with Gasteiger partial charge in [0, 0.05) is 58.0 Å². The van der Waals surface area contributed by atoms with E-state index < -0.39 is 0 Å². The van der Waals surface area contributed by atoms with Crippen LogP contribution in [0.25, 0.3) is 34.2 Å². The molecule has 0 atom stereocenters. The standard InChI is InChI=1S/C10H6Br2N2.2C10H8N2.2BrH/c11-7-1-3-9(13-5-7)10-4-2-8(12)6-14-10;2*1-3-7-11-9(5-1)10-6-2-4-8-12-10;;/h1-6H;2*1-8H;2*1H. The van der Waals surface area contributed by atoms with E-state index in [9.17, 15) is 0 Å². The molecule has 6 nitrogen and oxygen atoms in total. The van der Waals surface area contributed by atoms with Crippen LogP contribution in [-0.4, -0.2) is 19.9 Å². The molecule has 10 heteroatoms. The summed E-state index contributed by atoms with van der Waals surface area (Å²) < 4.78 is 1.94. The Labute approximate surface area is 271 Å². The molecule has 6 heterocycles. The fraction of sp³-hybridized carbons (Fsp3) is 0. The molecule has 0 fully saturated rings. The molecular weight excluding hydrogens is 764 g/mol. The SMILES string of the molecule is Brc1ccc(-c2ccc(Br)cn2)nc1.[Br-].[Br-].c1ccc(-c2cccc[nH+]2)[nH+]c1.c1ccc(-c2ccccn2)nc1. The molecule has 0 aromatic carbocycles. The predicted molar refractivity (Wildman–Crippen MR) is 155 cm³/mol. The van der Waals surface area contributed by atoms with E-state index in [0.29, 0.717) is 0 Å². The minimum atomic E-state index is 0. The van der Waals surface area contributed by atoms with Crippen LogP contribution in [0.4, 0.5) is 0 Å². The number of H-pyrrole nitrogens is 2. The second kappa shape index (κ2) is 18.2. The molecule has 2 N–H and O–H groups in total. The maximum absolute atomic E-state index is 4.25. The molecule has 0 aliphatic heterocycles. The Balaban J connectivity index is 0.000000206. The van der Waals surface area contributed by atoms with Crippen LogP contribution < -0.4 is 43.9 Å². The monoisotopic (exact) mass is 784 g/mol. The number of pyridine rings is 6. The van der Waals surface area contributed by atoms with Crippen molar-refractivity contribution in [3.8, 4) is 34.2 Å². The number of rotatable bonds is 3. The Morgan fingerprint density at radius 3 is 1.12 bits per heavy atom. The maximum Gasteiger partial charge on any atom is 0.275 e. The van der Waals surface area contributed by atoms with Crippen LogP contribution in [0, 0.1) is 0 Å². The zero-order chi connectivity index (χ0) is 26.4. The Kier molecular flexibility index (Phi) is 15.0. The Morgan fingerprint density at radius 1 is 0.425 bits per heavy atom. The fourth-order valence-electron chi connectivity index (χ4n) is 3.20. The highest BCUT2D eigenvalue weighted by Crippen LogP contribution is 2.18. The molecule has 0 aliphatic rings. The van der Waals surface area contributed by atoms with Gasteiger partial charge in [-0.3, -0.25) is 19.9 Å². The van der Waals surface area contributed by atoms with Gasteiger partial charge in [0.25, 0.3) is 11.4 Å². The van der Waals surface area contributed by atoms with Crippen molar-refractivity contribution >= 4 is 31.9 Å². The van der Waals surface area contributed by atoms with Gasteiger partial charge in [-0.2, -0.15) is 0 Å². The van der Waals surface area contributed by atoms with Crippen LogP contribution in [0.5, 0.6) is 0 Å². The number of hydrogen-bond acceptors (Lipinski definition) is 4. The van der Waals surface area contributed by atoms with Gasteiger partial charge >= 0.3 is 0 Å². The number of aromatic nitrogens is 6. The summed E-state index contributed by atoms with van der Waals surface area (Å²) in [5, 5.41) is 0. The van der Waals surface area contributed by atoms with Crippen LogP contribution in [0.2, 0.25) is 0 Å². The Bertz CT molecular complexity index is 1300. The number of aromatic amines is 2. The van der Waals surface area contributed by atoms with Gasteiger partial charge < -0.3 is 34.0 Å². The normalized spacial score (nSPS) is 9.35. The summed E-state index contributed by atoms with van der Waals surface area (Å²) in [6.07, 6.45) is 10.9. The number of hydrogen-bond donors (Lipinski definition) is 0. The summed E-state index contributed by atoms with van der Waals surface area (Å²) in [5.74, 6) is 0. The molecule has 6 rings (SSSR count). The van der Waals surface area contributed by atoms with Gasteiger partial charge in [-0.1, -0.05) is 12.1 Å². The van der Waals surface area contributed by atoms with Crippen LogP contribution in [-0.2, 0) is 0 Å². The zero-order valence-electron chi connectivity index (χ0n) is 21.0. The highest BCUT2D eigenvalue weighted by Gasteiger charge is 2.08. The molecule has 202 valence electrons. The average Bonchev–Trinajstić information content (AvgIpc) is 3.01. The Morgan fingerprint density at radius 2 is 0.825 bits per heavy atom. The van der Waals surface area contributed by atoms with Gasteiger partial charge in [-0.15, -0.1) is 0 Å². The van der Waals surface area contributed by atoms with E-state index in [1.807, 2.05) is 109 Å². The van der Waals surface area contributed by atoms with E-state index in [1.165, 1.54) is 0 Å². The van der Waals surface area contributed by atoms with Crippen molar-refractivity contribution in [2.75, 3.05) is 0 Å². The van der Waals surface area contributed by atoms with Crippen molar-refractivity contribution in [3.63, 3.8) is 0 Å². The lowest BCUT2D eigenvalue weighted by molar-refractivity contribution is -0.402. The minimum Gasteiger partial charge on any atom is -1.00 e. The largest absolute Gasteiger partial charge is 1.00 e. The lowest BCUT2D eigenvalue weighted by atomic mass is 10.2. The smallest absolute Gasteiger partial charge is 0.275 e. The van der Waals surface area contributed by atoms with Gasteiger partial charge in [0.15, 0.2) is 12.4 Å². The lowest BCUT2D eigenvalue weighted by Crippen LogP contribution is -3.00. The number of nitrogens with zero attached hydrogens (tertiary/aromatic N) is 4. The van der Waals surface area contributed by atoms with Crippen molar-refractivity contribution in [1.82, 2.24) is 19.9 Å². The van der Waals surface area contributed by atoms with Crippen molar-refractivity contribution < 1.29 is 43.9 Å². The molecule has 0 saturated carbocycles. The van der Waals surface area contributed by atoms with Gasteiger partial charge in [0.2, 0.25) is 0 Å². The first kappa shape index (κ1) is 33.0. The van der Waals surface area contributed by atoms with Crippen molar-refractivity contribution in [2.45, 2.75) is 0 Å². The third kappa shape index (κ3) is 10.8. The van der Waals surface area contributed by atoms with Crippen molar-refractivity contribution in [2.24, 2.45) is 0 Å². The van der Waals surface area contributed by atoms with Crippen LogP contribution in [0.15, 0.2) is 143 Å². The summed E-state index contributed by atoms with van der Waals surface area (Å²) in [7, 11) is 0. The number of halogens is 4. The molecule has 0 aliphatic carbocycles. The first-order valence-electron chi connectivity index (χ1n) is 11.7.